The molecule has 47 heavy (non-hydrogen) atoms. The van der Waals surface area contributed by atoms with Crippen molar-refractivity contribution in [3.63, 3.8) is 0 Å². The van der Waals surface area contributed by atoms with Crippen LogP contribution in [0.3, 0.4) is 0 Å². The summed E-state index contributed by atoms with van der Waals surface area (Å²) >= 11 is 0. The Bertz CT molecular complexity index is 1170. The van der Waals surface area contributed by atoms with Crippen molar-refractivity contribution in [1.82, 2.24) is 0 Å². The molecule has 13 atom stereocenters. The van der Waals surface area contributed by atoms with Gasteiger partial charge in [-0.2, -0.15) is 0 Å². The zero-order chi connectivity index (χ0) is 34.7. The van der Waals surface area contributed by atoms with Gasteiger partial charge in [0.05, 0.1) is 49.3 Å². The number of rotatable bonds is 3. The molecule has 14 heteroatoms. The fourth-order valence-electron chi connectivity index (χ4n) is 5.62. The number of aliphatic carboxylic acids is 1. The fourth-order valence-corrected chi connectivity index (χ4v) is 5.62. The summed E-state index contributed by atoms with van der Waals surface area (Å²) in [4.78, 5) is 24.4. The number of hydrogen-bond donors (Lipinski definition) is 8. The van der Waals surface area contributed by atoms with E-state index in [0.29, 0.717) is 0 Å². The third kappa shape index (κ3) is 12.0. The quantitative estimate of drug-likeness (QED) is 0.184. The molecule has 0 aromatic carbocycles. The Hall–Kier alpha value is -2.76. The van der Waals surface area contributed by atoms with Crippen molar-refractivity contribution in [1.29, 1.82) is 0 Å². The molecular weight excluding hydrogens is 618 g/mol. The highest BCUT2D eigenvalue weighted by atomic mass is 16.7. The molecule has 2 bridgehead atoms. The molecular formula is C33H49NO13. The summed E-state index contributed by atoms with van der Waals surface area (Å²) in [6, 6.07) is -1.07. The topological polar surface area (TPSA) is 239 Å². The molecule has 0 radical (unpaired) electrons. The van der Waals surface area contributed by atoms with E-state index >= 15 is 0 Å². The lowest BCUT2D eigenvalue weighted by atomic mass is 9.83. The first-order valence-electron chi connectivity index (χ1n) is 15.8. The van der Waals surface area contributed by atoms with Gasteiger partial charge >= 0.3 is 11.9 Å². The summed E-state index contributed by atoms with van der Waals surface area (Å²) in [7, 11) is 0. The van der Waals surface area contributed by atoms with E-state index < -0.39 is 97.6 Å². The maximum atomic E-state index is 12.2. The zero-order valence-electron chi connectivity index (χ0n) is 26.6. The summed E-state index contributed by atoms with van der Waals surface area (Å²) in [5.74, 6) is -5.73. The van der Waals surface area contributed by atoms with Gasteiger partial charge in [-0.15, -0.1) is 0 Å². The summed E-state index contributed by atoms with van der Waals surface area (Å²) < 4.78 is 22.7. The maximum Gasteiger partial charge on any atom is 0.330 e. The number of allylic oxidation sites excluding steroid dienone is 6. The van der Waals surface area contributed by atoms with Crippen LogP contribution in [0.15, 0.2) is 60.8 Å². The molecule has 2 saturated heterocycles. The Morgan fingerprint density at radius 1 is 0.936 bits per heavy atom. The number of aliphatic hydroxyl groups excluding tert-OH is 5. The number of hydrogen-bond acceptors (Lipinski definition) is 13. The predicted octanol–water partition coefficient (Wildman–Crippen LogP) is -0.0392. The molecule has 0 unspecified atom stereocenters. The van der Waals surface area contributed by atoms with E-state index in [1.54, 1.807) is 49.5 Å². The summed E-state index contributed by atoms with van der Waals surface area (Å²) in [5, 5.41) is 73.7. The largest absolute Gasteiger partial charge is 0.481 e. The molecule has 0 amide bonds. The first-order chi connectivity index (χ1) is 22.2. The molecule has 14 nitrogen and oxygen atoms in total. The third-order valence-electron chi connectivity index (χ3n) is 8.42. The molecule has 2 fully saturated rings. The Kier molecular flexibility index (Phi) is 14.9. The lowest BCUT2D eigenvalue weighted by molar-refractivity contribution is -0.305. The van der Waals surface area contributed by atoms with Gasteiger partial charge in [0.15, 0.2) is 12.1 Å². The summed E-state index contributed by atoms with van der Waals surface area (Å²) in [6.07, 6.45) is 4.24. The molecule has 9 N–H and O–H groups in total. The van der Waals surface area contributed by atoms with Gasteiger partial charge < -0.3 is 60.4 Å². The van der Waals surface area contributed by atoms with Gasteiger partial charge in [-0.1, -0.05) is 61.6 Å². The molecule has 0 saturated carbocycles. The minimum atomic E-state index is -2.17. The van der Waals surface area contributed by atoms with Crippen molar-refractivity contribution in [3.8, 4) is 0 Å². The number of fused-ring (bicyclic) bond motifs is 2. The minimum absolute atomic E-state index is 0.00105. The van der Waals surface area contributed by atoms with Crippen LogP contribution in [0.25, 0.3) is 0 Å². The van der Waals surface area contributed by atoms with Gasteiger partial charge in [0.2, 0.25) is 0 Å². The standard InChI is InChI=1S/C33H49NO13/c1-19-10-7-5-3-4-6-8-12-23(46-32-30(40)29(34)25(38)18-44-32)15-26-28(31(41)42)24(37)17-33(43,47-26)16-22(36)14-21(35)11-9-13-27(39)45-20(19)2/h3-10,12-13,19-26,28-30,32,35-38,40,43H,11,14-18,34H2,1-2H3,(H,41,42)/b5-3+,6-4+,10-7+,12-8+,13-9+/t19-,20+,21-,22-,23-,24-,25+,26-,28+,29-,30-,32-,33+/m0/s1. The monoisotopic (exact) mass is 667 g/mol. The van der Waals surface area contributed by atoms with Crippen molar-refractivity contribution >= 4 is 11.9 Å². The lowest BCUT2D eigenvalue weighted by Crippen LogP contribution is -2.59. The van der Waals surface area contributed by atoms with E-state index in [1.807, 2.05) is 13.0 Å². The van der Waals surface area contributed by atoms with Crippen LogP contribution in [-0.4, -0.2) is 121 Å². The SMILES string of the molecule is C[C@H]1/C=C/C=C/C=C/C=C/[C@H](O[C@@H]2OC[C@@H](O)[C@H](N)[C@@H]2O)C[C@@H]2O[C@](O)(C[C@@H](O)C[C@@H](O)C/C=C/C(=O)O[C@@H]1C)C[C@H](O)[C@H]2C(=O)O. The average molecular weight is 668 g/mol. The number of esters is 1. The van der Waals surface area contributed by atoms with Gasteiger partial charge in [0.25, 0.3) is 0 Å². The number of carbonyl (C=O) groups excluding carboxylic acids is 1. The van der Waals surface area contributed by atoms with Crippen LogP contribution in [-0.2, 0) is 28.5 Å². The van der Waals surface area contributed by atoms with Crippen LogP contribution >= 0.6 is 0 Å². The van der Waals surface area contributed by atoms with Crippen molar-refractivity contribution in [2.24, 2.45) is 17.6 Å². The molecule has 0 aromatic rings. The lowest BCUT2D eigenvalue weighted by Gasteiger charge is -2.45. The first-order valence-corrected chi connectivity index (χ1v) is 15.8. The van der Waals surface area contributed by atoms with E-state index in [1.165, 1.54) is 12.2 Å². The van der Waals surface area contributed by atoms with Crippen LogP contribution in [0, 0.1) is 11.8 Å². The number of nitrogens with two attached hydrogens (primary N) is 1. The smallest absolute Gasteiger partial charge is 0.330 e. The van der Waals surface area contributed by atoms with E-state index in [9.17, 15) is 45.3 Å². The van der Waals surface area contributed by atoms with Crippen LogP contribution in [0.5, 0.6) is 0 Å². The Morgan fingerprint density at radius 2 is 1.60 bits per heavy atom. The molecule has 0 aliphatic carbocycles. The van der Waals surface area contributed by atoms with Crippen molar-refractivity contribution in [3.05, 3.63) is 60.8 Å². The van der Waals surface area contributed by atoms with Crippen molar-refractivity contribution in [2.75, 3.05) is 6.61 Å². The predicted molar refractivity (Wildman–Crippen MR) is 167 cm³/mol. The van der Waals surface area contributed by atoms with Crippen LogP contribution in [0.1, 0.15) is 46.0 Å². The van der Waals surface area contributed by atoms with Crippen LogP contribution < -0.4 is 5.73 Å². The van der Waals surface area contributed by atoms with Gasteiger partial charge in [-0.25, -0.2) is 4.79 Å². The normalized spacial score (nSPS) is 45.0. The van der Waals surface area contributed by atoms with Crippen molar-refractivity contribution < 1.29 is 64.3 Å². The highest BCUT2D eigenvalue weighted by molar-refractivity contribution is 5.82. The fraction of sp³-hybridized carbons (Fsp3) is 0.636. The van der Waals surface area contributed by atoms with Crippen LogP contribution in [0.2, 0.25) is 0 Å². The number of carbonyl (C=O) groups is 2. The average Bonchev–Trinajstić information content (AvgIpc) is 2.97. The number of aliphatic hydroxyl groups is 6. The minimum Gasteiger partial charge on any atom is -0.481 e. The van der Waals surface area contributed by atoms with Gasteiger partial charge in [0.1, 0.15) is 18.1 Å². The molecule has 3 aliphatic rings. The van der Waals surface area contributed by atoms with Gasteiger partial charge in [-0.3, -0.25) is 4.79 Å². The zero-order valence-corrected chi connectivity index (χ0v) is 26.6. The Morgan fingerprint density at radius 3 is 2.28 bits per heavy atom. The molecule has 3 aliphatic heterocycles. The molecule has 3 heterocycles. The van der Waals surface area contributed by atoms with E-state index in [0.717, 1.165) is 0 Å². The first kappa shape index (κ1) is 38.7. The van der Waals surface area contributed by atoms with E-state index in [-0.39, 0.29) is 31.8 Å². The highest BCUT2D eigenvalue weighted by Crippen LogP contribution is 2.38. The number of carboxylic acids is 1. The molecule has 0 aromatic heterocycles. The third-order valence-corrected chi connectivity index (χ3v) is 8.42. The number of carboxylic acid groups (broad SMARTS) is 1. The number of cyclic esters (lactones) is 1. The van der Waals surface area contributed by atoms with Crippen molar-refractivity contribution in [2.45, 2.75) is 113 Å². The Labute approximate surface area is 274 Å². The second kappa shape index (κ2) is 18.1. The second-order valence-electron chi connectivity index (χ2n) is 12.4. The van der Waals surface area contributed by atoms with Gasteiger partial charge in [-0.05, 0) is 19.8 Å². The second-order valence-corrected chi connectivity index (χ2v) is 12.4. The highest BCUT2D eigenvalue weighted by Gasteiger charge is 2.50. The van der Waals surface area contributed by atoms with Gasteiger partial charge in [0, 0.05) is 31.3 Å². The molecule has 3 rings (SSSR count). The Balaban J connectivity index is 1.90. The van der Waals surface area contributed by atoms with E-state index in [4.69, 9.17) is 24.7 Å². The summed E-state index contributed by atoms with van der Waals surface area (Å²) in [5.41, 5.74) is 5.88. The molecule has 0 spiro atoms. The van der Waals surface area contributed by atoms with Crippen LogP contribution in [0.4, 0.5) is 0 Å². The molecule has 264 valence electrons. The van der Waals surface area contributed by atoms with E-state index in [2.05, 4.69) is 0 Å². The summed E-state index contributed by atoms with van der Waals surface area (Å²) in [6.45, 7) is 3.43. The number of ether oxygens (including phenoxy) is 4. The maximum absolute atomic E-state index is 12.2.